The zero-order chi connectivity index (χ0) is 24.1. The molecule has 4 rings (SSSR count). The third-order valence-corrected chi connectivity index (χ3v) is 6.88. The molecule has 4 N–H and O–H groups in total. The SMILES string of the molecule is CC(NC1CCCC(c2ccc(C(=O)NC(CO)C(=O)O)cc2)C1)c1cccc2ccccc12. The molecule has 3 aromatic rings. The Morgan fingerprint density at radius 3 is 2.47 bits per heavy atom. The van der Waals surface area contributed by atoms with Gasteiger partial charge in [0.25, 0.3) is 5.91 Å². The first kappa shape index (κ1) is 23.9. The van der Waals surface area contributed by atoms with Gasteiger partial charge in [-0.15, -0.1) is 0 Å². The molecule has 0 spiro atoms. The van der Waals surface area contributed by atoms with Crippen molar-refractivity contribution in [2.75, 3.05) is 6.61 Å². The van der Waals surface area contributed by atoms with Crippen LogP contribution in [0.2, 0.25) is 0 Å². The molecule has 6 nitrogen and oxygen atoms in total. The molecule has 1 aliphatic carbocycles. The van der Waals surface area contributed by atoms with E-state index in [1.54, 1.807) is 12.1 Å². The molecule has 1 aliphatic rings. The summed E-state index contributed by atoms with van der Waals surface area (Å²) in [6.07, 6.45) is 4.43. The molecule has 178 valence electrons. The number of hydrogen-bond acceptors (Lipinski definition) is 4. The molecule has 4 unspecified atom stereocenters. The molecule has 1 saturated carbocycles. The molecule has 0 saturated heterocycles. The maximum absolute atomic E-state index is 12.3. The summed E-state index contributed by atoms with van der Waals surface area (Å²) in [7, 11) is 0. The van der Waals surface area contributed by atoms with Crippen molar-refractivity contribution in [3.63, 3.8) is 0 Å². The zero-order valence-corrected chi connectivity index (χ0v) is 19.4. The Morgan fingerprint density at radius 1 is 1.00 bits per heavy atom. The van der Waals surface area contributed by atoms with Gasteiger partial charge >= 0.3 is 5.97 Å². The highest BCUT2D eigenvalue weighted by atomic mass is 16.4. The second-order valence-electron chi connectivity index (χ2n) is 9.19. The summed E-state index contributed by atoms with van der Waals surface area (Å²) in [6, 6.07) is 21.7. The van der Waals surface area contributed by atoms with E-state index in [1.165, 1.54) is 21.9 Å². The minimum atomic E-state index is -1.30. The Kier molecular flexibility index (Phi) is 7.60. The topological polar surface area (TPSA) is 98.7 Å². The summed E-state index contributed by atoms with van der Waals surface area (Å²) in [5.74, 6) is -1.35. The third kappa shape index (κ3) is 5.46. The lowest BCUT2D eigenvalue weighted by atomic mass is 9.80. The first-order chi connectivity index (χ1) is 16.5. The Bertz CT molecular complexity index is 1140. The van der Waals surface area contributed by atoms with Crippen molar-refractivity contribution in [1.82, 2.24) is 10.6 Å². The van der Waals surface area contributed by atoms with Crippen LogP contribution in [-0.4, -0.2) is 40.8 Å². The number of amides is 1. The van der Waals surface area contributed by atoms with E-state index in [-0.39, 0.29) is 6.04 Å². The molecule has 1 amide bonds. The number of fused-ring (bicyclic) bond motifs is 1. The van der Waals surface area contributed by atoms with E-state index in [4.69, 9.17) is 10.2 Å². The fourth-order valence-corrected chi connectivity index (χ4v) is 5.05. The predicted octanol–water partition coefficient (Wildman–Crippen LogP) is 4.39. The van der Waals surface area contributed by atoms with Crippen LogP contribution in [0.25, 0.3) is 10.8 Å². The highest BCUT2D eigenvalue weighted by Crippen LogP contribution is 2.34. The van der Waals surface area contributed by atoms with Gasteiger partial charge in [0, 0.05) is 17.6 Å². The number of nitrogens with one attached hydrogen (secondary N) is 2. The number of carboxylic acids is 1. The lowest BCUT2D eigenvalue weighted by molar-refractivity contribution is -0.140. The van der Waals surface area contributed by atoms with Crippen LogP contribution >= 0.6 is 0 Å². The van der Waals surface area contributed by atoms with Gasteiger partial charge in [-0.3, -0.25) is 4.79 Å². The van der Waals surface area contributed by atoms with Crippen molar-refractivity contribution in [3.8, 4) is 0 Å². The van der Waals surface area contributed by atoms with Crippen molar-refractivity contribution in [3.05, 3.63) is 83.4 Å². The quantitative estimate of drug-likeness (QED) is 0.400. The van der Waals surface area contributed by atoms with Gasteiger partial charge in [-0.25, -0.2) is 4.79 Å². The van der Waals surface area contributed by atoms with Gasteiger partial charge in [0.1, 0.15) is 0 Å². The number of aliphatic hydroxyl groups is 1. The van der Waals surface area contributed by atoms with Gasteiger partial charge in [0.2, 0.25) is 0 Å². The molecule has 4 atom stereocenters. The lowest BCUT2D eigenvalue weighted by Crippen LogP contribution is -2.43. The van der Waals surface area contributed by atoms with Crippen LogP contribution in [0.15, 0.2) is 66.7 Å². The number of carbonyl (C=O) groups excluding carboxylic acids is 1. The van der Waals surface area contributed by atoms with Gasteiger partial charge in [-0.2, -0.15) is 0 Å². The van der Waals surface area contributed by atoms with Crippen LogP contribution in [0.3, 0.4) is 0 Å². The molecule has 3 aromatic carbocycles. The Morgan fingerprint density at radius 2 is 1.74 bits per heavy atom. The van der Waals surface area contributed by atoms with E-state index in [9.17, 15) is 9.59 Å². The van der Waals surface area contributed by atoms with Crippen LogP contribution in [0, 0.1) is 0 Å². The number of aliphatic hydroxyl groups excluding tert-OH is 1. The van der Waals surface area contributed by atoms with Gasteiger partial charge in [0.15, 0.2) is 6.04 Å². The molecule has 0 radical (unpaired) electrons. The molecule has 0 aliphatic heterocycles. The summed E-state index contributed by atoms with van der Waals surface area (Å²) in [4.78, 5) is 23.4. The summed E-state index contributed by atoms with van der Waals surface area (Å²) >= 11 is 0. The molecule has 34 heavy (non-hydrogen) atoms. The number of rotatable bonds is 8. The minimum absolute atomic E-state index is 0.245. The Balaban J connectivity index is 1.40. The largest absolute Gasteiger partial charge is 0.480 e. The van der Waals surface area contributed by atoms with E-state index in [2.05, 4.69) is 60.0 Å². The maximum atomic E-state index is 12.3. The van der Waals surface area contributed by atoms with Gasteiger partial charge in [0.05, 0.1) is 6.61 Å². The van der Waals surface area contributed by atoms with Crippen molar-refractivity contribution in [2.24, 2.45) is 0 Å². The van der Waals surface area contributed by atoms with Crippen LogP contribution in [0.4, 0.5) is 0 Å². The Hall–Kier alpha value is -3.22. The van der Waals surface area contributed by atoms with Crippen LogP contribution in [-0.2, 0) is 4.79 Å². The predicted molar refractivity (Wildman–Crippen MR) is 133 cm³/mol. The monoisotopic (exact) mass is 460 g/mol. The number of aliphatic carboxylic acids is 1. The smallest absolute Gasteiger partial charge is 0.328 e. The van der Waals surface area contributed by atoms with Crippen molar-refractivity contribution in [2.45, 2.75) is 56.7 Å². The molecule has 6 heteroatoms. The van der Waals surface area contributed by atoms with Crippen molar-refractivity contribution in [1.29, 1.82) is 0 Å². The number of carboxylic acid groups (broad SMARTS) is 1. The van der Waals surface area contributed by atoms with Gasteiger partial charge in [-0.1, -0.05) is 61.0 Å². The maximum Gasteiger partial charge on any atom is 0.328 e. The van der Waals surface area contributed by atoms with Crippen LogP contribution < -0.4 is 10.6 Å². The lowest BCUT2D eigenvalue weighted by Gasteiger charge is -2.32. The molecule has 0 bridgehead atoms. The molecular formula is C28H32N2O4. The second-order valence-corrected chi connectivity index (χ2v) is 9.19. The first-order valence-electron chi connectivity index (χ1n) is 11.9. The van der Waals surface area contributed by atoms with Gasteiger partial charge in [-0.05, 0) is 66.1 Å². The number of benzene rings is 3. The van der Waals surface area contributed by atoms with E-state index in [0.29, 0.717) is 17.5 Å². The fourth-order valence-electron chi connectivity index (χ4n) is 5.05. The fraction of sp³-hybridized carbons (Fsp3) is 0.357. The first-order valence-corrected chi connectivity index (χ1v) is 11.9. The number of carbonyl (C=O) groups is 2. The molecular weight excluding hydrogens is 428 g/mol. The Labute approximate surface area is 200 Å². The standard InChI is InChI=1S/C28H32N2O4/c1-18(24-11-5-7-20-6-2-3-10-25(20)24)29-23-9-4-8-22(16-23)19-12-14-21(15-13-19)27(32)30-26(17-31)28(33)34/h2-3,5-7,10-15,18,22-23,26,29,31H,4,8-9,16-17H2,1H3,(H,30,32)(H,33,34). The van der Waals surface area contributed by atoms with E-state index >= 15 is 0 Å². The second kappa shape index (κ2) is 10.8. The number of hydrogen-bond donors (Lipinski definition) is 4. The highest BCUT2D eigenvalue weighted by Gasteiger charge is 2.25. The van der Waals surface area contributed by atoms with E-state index in [0.717, 1.165) is 25.7 Å². The van der Waals surface area contributed by atoms with Crippen molar-refractivity contribution >= 4 is 22.6 Å². The van der Waals surface area contributed by atoms with Gasteiger partial charge < -0.3 is 20.8 Å². The van der Waals surface area contributed by atoms with Crippen molar-refractivity contribution < 1.29 is 19.8 Å². The summed E-state index contributed by atoms with van der Waals surface area (Å²) < 4.78 is 0. The molecule has 0 heterocycles. The summed E-state index contributed by atoms with van der Waals surface area (Å²) in [5.41, 5.74) is 2.90. The average Bonchev–Trinajstić information content (AvgIpc) is 2.86. The highest BCUT2D eigenvalue weighted by molar-refractivity contribution is 5.96. The average molecular weight is 461 g/mol. The molecule has 1 fully saturated rings. The van der Waals surface area contributed by atoms with Crippen LogP contribution in [0.1, 0.15) is 66.1 Å². The zero-order valence-electron chi connectivity index (χ0n) is 19.4. The summed E-state index contributed by atoms with van der Waals surface area (Å²) in [6.45, 7) is 1.59. The minimum Gasteiger partial charge on any atom is -0.480 e. The van der Waals surface area contributed by atoms with E-state index in [1.807, 2.05) is 12.1 Å². The van der Waals surface area contributed by atoms with E-state index < -0.39 is 24.5 Å². The molecule has 0 aromatic heterocycles. The third-order valence-electron chi connectivity index (χ3n) is 6.88. The summed E-state index contributed by atoms with van der Waals surface area (Å²) in [5, 5.41) is 26.9. The van der Waals surface area contributed by atoms with Crippen LogP contribution in [0.5, 0.6) is 0 Å². The normalized spacial score (nSPS) is 19.9.